The molecule has 0 bridgehead atoms. The number of hydrogen-bond donors (Lipinski definition) is 2. The second-order valence-electron chi connectivity index (χ2n) is 7.46. The molecule has 1 aliphatic rings. The Morgan fingerprint density at radius 1 is 1.16 bits per heavy atom. The Balaban J connectivity index is 1.22. The van der Waals surface area contributed by atoms with Crippen molar-refractivity contribution in [1.29, 1.82) is 5.26 Å². The average molecular weight is 419 g/mol. The monoisotopic (exact) mass is 419 g/mol. The van der Waals surface area contributed by atoms with E-state index < -0.39 is 0 Å². The Morgan fingerprint density at radius 3 is 2.68 bits per heavy atom. The van der Waals surface area contributed by atoms with Gasteiger partial charge in [0, 0.05) is 37.8 Å². The van der Waals surface area contributed by atoms with Crippen molar-refractivity contribution in [2.75, 3.05) is 36.4 Å². The summed E-state index contributed by atoms with van der Waals surface area (Å²) in [6.07, 6.45) is 3.80. The van der Waals surface area contributed by atoms with Gasteiger partial charge in [-0.2, -0.15) is 10.2 Å². The molecule has 31 heavy (non-hydrogen) atoms. The Hall–Kier alpha value is -3.73. The maximum absolute atomic E-state index is 12.5. The van der Waals surface area contributed by atoms with Gasteiger partial charge in [-0.15, -0.1) is 0 Å². The van der Waals surface area contributed by atoms with Crippen LogP contribution in [0.25, 0.3) is 11.7 Å². The molecule has 4 rings (SSSR count). The number of nitrogens with one attached hydrogen (secondary N) is 2. The number of oxazole rings is 1. The fourth-order valence-corrected chi connectivity index (χ4v) is 3.68. The number of furan rings is 1. The van der Waals surface area contributed by atoms with Crippen LogP contribution >= 0.6 is 0 Å². The summed E-state index contributed by atoms with van der Waals surface area (Å²) in [5, 5.41) is 15.8. The van der Waals surface area contributed by atoms with E-state index in [-0.39, 0.29) is 17.5 Å². The van der Waals surface area contributed by atoms with E-state index >= 15 is 0 Å². The molecule has 1 aromatic carbocycles. The second-order valence-corrected chi connectivity index (χ2v) is 7.46. The molecule has 1 aliphatic heterocycles. The van der Waals surface area contributed by atoms with Crippen LogP contribution in [0, 0.1) is 17.2 Å². The first-order chi connectivity index (χ1) is 15.2. The van der Waals surface area contributed by atoms with Crippen LogP contribution < -0.4 is 15.5 Å². The molecule has 3 aromatic rings. The number of piperidine rings is 1. The smallest absolute Gasteiger partial charge is 0.266 e. The second kappa shape index (κ2) is 9.85. The first-order valence-corrected chi connectivity index (χ1v) is 10.5. The zero-order chi connectivity index (χ0) is 21.5. The minimum atomic E-state index is -0.0312. The number of aromatic nitrogens is 1. The summed E-state index contributed by atoms with van der Waals surface area (Å²) >= 11 is 0. The topological polar surface area (TPSA) is 107 Å². The van der Waals surface area contributed by atoms with Gasteiger partial charge in [0.2, 0.25) is 17.5 Å². The zero-order valence-corrected chi connectivity index (χ0v) is 17.2. The highest BCUT2D eigenvalue weighted by molar-refractivity contribution is 5.79. The van der Waals surface area contributed by atoms with Crippen LogP contribution in [0.1, 0.15) is 25.0 Å². The number of carbonyl (C=O) groups is 1. The lowest BCUT2D eigenvalue weighted by molar-refractivity contribution is -0.125. The van der Waals surface area contributed by atoms with E-state index in [1.54, 1.807) is 12.1 Å². The molecule has 0 saturated carbocycles. The molecule has 0 unspecified atom stereocenters. The number of amides is 1. The predicted octanol–water partition coefficient (Wildman–Crippen LogP) is 3.64. The molecule has 1 saturated heterocycles. The largest absolute Gasteiger partial charge is 0.459 e. The van der Waals surface area contributed by atoms with E-state index in [4.69, 9.17) is 8.83 Å². The number of carbonyl (C=O) groups excluding carboxylic acids is 1. The Bertz CT molecular complexity index is 1020. The summed E-state index contributed by atoms with van der Waals surface area (Å²) in [7, 11) is 0. The number of benzene rings is 1. The molecule has 2 aromatic heterocycles. The SMILES string of the molecule is N#Cc1nc(-c2ccco2)oc1N1CCC(C(=O)NCCCNc2ccccc2)CC1. The van der Waals surface area contributed by atoms with Gasteiger partial charge < -0.3 is 24.4 Å². The highest BCUT2D eigenvalue weighted by Gasteiger charge is 2.29. The summed E-state index contributed by atoms with van der Waals surface area (Å²) in [5.41, 5.74) is 1.32. The quantitative estimate of drug-likeness (QED) is 0.537. The molecule has 0 aliphatic carbocycles. The van der Waals surface area contributed by atoms with E-state index in [1.807, 2.05) is 35.2 Å². The molecule has 160 valence electrons. The van der Waals surface area contributed by atoms with Crippen molar-refractivity contribution < 1.29 is 13.6 Å². The number of nitrogens with zero attached hydrogens (tertiary/aromatic N) is 3. The third-order valence-corrected chi connectivity index (χ3v) is 5.36. The minimum Gasteiger partial charge on any atom is -0.459 e. The van der Waals surface area contributed by atoms with Crippen molar-refractivity contribution in [1.82, 2.24) is 10.3 Å². The van der Waals surface area contributed by atoms with E-state index in [1.165, 1.54) is 6.26 Å². The number of hydrogen-bond acceptors (Lipinski definition) is 7. The fourth-order valence-electron chi connectivity index (χ4n) is 3.68. The van der Waals surface area contributed by atoms with Crippen LogP contribution in [-0.2, 0) is 4.79 Å². The molecule has 8 nitrogen and oxygen atoms in total. The van der Waals surface area contributed by atoms with Crippen molar-refractivity contribution in [2.45, 2.75) is 19.3 Å². The summed E-state index contributed by atoms with van der Waals surface area (Å²) in [5.74, 6) is 1.28. The standard InChI is InChI=1S/C23H25N5O3/c24-16-19-23(31-22(27-19)20-8-4-15-30-20)28-13-9-17(10-14-28)21(29)26-12-5-11-25-18-6-2-1-3-7-18/h1-4,6-8,15,17,25H,5,9-14H2,(H,26,29). The molecular formula is C23H25N5O3. The maximum Gasteiger partial charge on any atom is 0.266 e. The third-order valence-electron chi connectivity index (χ3n) is 5.36. The van der Waals surface area contributed by atoms with Crippen LogP contribution in [-0.4, -0.2) is 37.1 Å². The van der Waals surface area contributed by atoms with Gasteiger partial charge >= 0.3 is 0 Å². The van der Waals surface area contributed by atoms with Gasteiger partial charge in [0.15, 0.2) is 5.76 Å². The zero-order valence-electron chi connectivity index (χ0n) is 17.2. The van der Waals surface area contributed by atoms with Crippen molar-refractivity contribution in [3.8, 4) is 17.7 Å². The van der Waals surface area contributed by atoms with Gasteiger partial charge in [-0.05, 0) is 43.5 Å². The van der Waals surface area contributed by atoms with Crippen molar-refractivity contribution in [3.05, 3.63) is 54.4 Å². The molecule has 1 amide bonds. The molecule has 1 fully saturated rings. The van der Waals surface area contributed by atoms with Crippen LogP contribution in [0.4, 0.5) is 11.6 Å². The number of rotatable bonds is 8. The van der Waals surface area contributed by atoms with Gasteiger partial charge in [0.1, 0.15) is 6.07 Å². The number of nitriles is 1. The highest BCUT2D eigenvalue weighted by Crippen LogP contribution is 2.31. The number of para-hydroxylation sites is 1. The van der Waals surface area contributed by atoms with E-state index in [0.29, 0.717) is 50.0 Å². The van der Waals surface area contributed by atoms with Gasteiger partial charge in [-0.1, -0.05) is 18.2 Å². The summed E-state index contributed by atoms with van der Waals surface area (Å²) in [4.78, 5) is 18.7. The Labute approximate surface area is 180 Å². The molecule has 2 N–H and O–H groups in total. The minimum absolute atomic E-state index is 0.0312. The maximum atomic E-state index is 12.5. The van der Waals surface area contributed by atoms with Crippen molar-refractivity contribution >= 4 is 17.5 Å². The van der Waals surface area contributed by atoms with Gasteiger partial charge in [0.05, 0.1) is 6.26 Å². The van der Waals surface area contributed by atoms with Crippen LogP contribution in [0.2, 0.25) is 0 Å². The highest BCUT2D eigenvalue weighted by atomic mass is 16.4. The average Bonchev–Trinajstić information content (AvgIpc) is 3.49. The summed E-state index contributed by atoms with van der Waals surface area (Å²) in [6, 6.07) is 15.6. The fraction of sp³-hybridized carbons (Fsp3) is 0.348. The predicted molar refractivity (Wildman–Crippen MR) is 116 cm³/mol. The molecule has 3 heterocycles. The van der Waals surface area contributed by atoms with Crippen LogP contribution in [0.3, 0.4) is 0 Å². The van der Waals surface area contributed by atoms with E-state index in [9.17, 15) is 10.1 Å². The first-order valence-electron chi connectivity index (χ1n) is 10.5. The van der Waals surface area contributed by atoms with Gasteiger partial charge in [0.25, 0.3) is 5.89 Å². The Kier molecular flexibility index (Phi) is 6.53. The molecule has 8 heteroatoms. The third kappa shape index (κ3) is 5.07. The Morgan fingerprint density at radius 2 is 1.97 bits per heavy atom. The first kappa shape index (κ1) is 20.5. The van der Waals surface area contributed by atoms with E-state index in [2.05, 4.69) is 21.7 Å². The summed E-state index contributed by atoms with van der Waals surface area (Å²) in [6.45, 7) is 2.72. The molecular weight excluding hydrogens is 394 g/mol. The number of anilines is 2. The van der Waals surface area contributed by atoms with Gasteiger partial charge in [-0.3, -0.25) is 4.79 Å². The van der Waals surface area contributed by atoms with Crippen LogP contribution in [0.15, 0.2) is 57.6 Å². The van der Waals surface area contributed by atoms with Crippen molar-refractivity contribution in [2.24, 2.45) is 5.92 Å². The normalized spacial score (nSPS) is 14.2. The van der Waals surface area contributed by atoms with E-state index in [0.717, 1.165) is 18.7 Å². The molecule has 0 spiro atoms. The lowest BCUT2D eigenvalue weighted by atomic mass is 9.96. The van der Waals surface area contributed by atoms with Crippen LogP contribution in [0.5, 0.6) is 0 Å². The summed E-state index contributed by atoms with van der Waals surface area (Å²) < 4.78 is 11.1. The molecule has 0 atom stereocenters. The lowest BCUT2D eigenvalue weighted by Gasteiger charge is -2.31. The van der Waals surface area contributed by atoms with Crippen molar-refractivity contribution in [3.63, 3.8) is 0 Å². The van der Waals surface area contributed by atoms with Gasteiger partial charge in [-0.25, -0.2) is 0 Å². The lowest BCUT2D eigenvalue weighted by Crippen LogP contribution is -2.41. The molecule has 0 radical (unpaired) electrons.